The van der Waals surface area contributed by atoms with E-state index in [-0.39, 0.29) is 24.6 Å². The molecule has 0 aliphatic carbocycles. The molecule has 7 heteroatoms. The summed E-state index contributed by atoms with van der Waals surface area (Å²) in [5.74, 6) is -0.281. The van der Waals surface area contributed by atoms with Gasteiger partial charge >= 0.3 is 5.69 Å². The van der Waals surface area contributed by atoms with Crippen LogP contribution in [0.1, 0.15) is 32.0 Å². The Morgan fingerprint density at radius 2 is 1.85 bits per heavy atom. The number of carbonyl (C=O) groups excluding carboxylic acids is 1. The van der Waals surface area contributed by atoms with Gasteiger partial charge in [-0.1, -0.05) is 25.1 Å². The monoisotopic (exact) mass is 366 g/mol. The van der Waals surface area contributed by atoms with Crippen LogP contribution in [0.5, 0.6) is 0 Å². The Hall–Kier alpha value is -3.22. The second-order valence-corrected chi connectivity index (χ2v) is 6.18. The molecule has 27 heavy (non-hydrogen) atoms. The van der Waals surface area contributed by atoms with Crippen molar-refractivity contribution >= 4 is 16.8 Å². The fraction of sp³-hybridized carbons (Fsp3) is 0.300. The molecule has 0 saturated carbocycles. The summed E-state index contributed by atoms with van der Waals surface area (Å²) < 4.78 is 2.59. The van der Waals surface area contributed by atoms with Gasteiger partial charge in [0.1, 0.15) is 6.04 Å². The fourth-order valence-electron chi connectivity index (χ4n) is 3.19. The summed E-state index contributed by atoms with van der Waals surface area (Å²) in [6.45, 7) is 4.10. The minimum atomic E-state index is -0.718. The summed E-state index contributed by atoms with van der Waals surface area (Å²) in [4.78, 5) is 42.5. The molecule has 1 unspecified atom stereocenters. The molecule has 1 aromatic carbocycles. The van der Waals surface area contributed by atoms with E-state index in [0.29, 0.717) is 17.3 Å². The van der Waals surface area contributed by atoms with Gasteiger partial charge in [-0.3, -0.25) is 23.7 Å². The molecule has 2 aromatic heterocycles. The van der Waals surface area contributed by atoms with Gasteiger partial charge in [0, 0.05) is 12.7 Å². The van der Waals surface area contributed by atoms with E-state index in [9.17, 15) is 14.4 Å². The van der Waals surface area contributed by atoms with Gasteiger partial charge < -0.3 is 5.32 Å². The summed E-state index contributed by atoms with van der Waals surface area (Å²) in [6.07, 6.45) is 2.08. The molecule has 0 bridgehead atoms. The standard InChI is InChI=1S/C20H22N4O3/c1-3-16(18(25)22-13-14-9-7-8-12-21-14)24-17-11-6-5-10-15(17)19(26)23(4-2)20(24)27/h5-12,16H,3-4,13H2,1-2H3,(H,22,25). The quantitative estimate of drug-likeness (QED) is 0.721. The molecule has 0 radical (unpaired) electrons. The summed E-state index contributed by atoms with van der Waals surface area (Å²) >= 11 is 0. The number of carbonyl (C=O) groups is 1. The molecule has 3 rings (SSSR count). The van der Waals surface area contributed by atoms with Gasteiger partial charge in [0.05, 0.1) is 23.1 Å². The van der Waals surface area contributed by atoms with Crippen LogP contribution in [0.3, 0.4) is 0 Å². The van der Waals surface area contributed by atoms with Crippen LogP contribution in [-0.2, 0) is 17.9 Å². The third-order valence-electron chi connectivity index (χ3n) is 4.56. The van der Waals surface area contributed by atoms with Crippen LogP contribution in [0.25, 0.3) is 10.9 Å². The molecule has 1 atom stereocenters. The molecular weight excluding hydrogens is 344 g/mol. The van der Waals surface area contributed by atoms with Gasteiger partial charge in [-0.15, -0.1) is 0 Å². The second-order valence-electron chi connectivity index (χ2n) is 6.18. The van der Waals surface area contributed by atoms with Crippen LogP contribution in [0.2, 0.25) is 0 Å². The predicted octanol–water partition coefficient (Wildman–Crippen LogP) is 1.85. The number of para-hydroxylation sites is 1. The van der Waals surface area contributed by atoms with Crippen molar-refractivity contribution in [2.24, 2.45) is 0 Å². The van der Waals surface area contributed by atoms with E-state index in [1.807, 2.05) is 19.1 Å². The predicted molar refractivity (Wildman–Crippen MR) is 104 cm³/mol. The van der Waals surface area contributed by atoms with Crippen molar-refractivity contribution in [1.82, 2.24) is 19.4 Å². The first kappa shape index (κ1) is 18.6. The van der Waals surface area contributed by atoms with Gasteiger partial charge in [-0.2, -0.15) is 0 Å². The number of pyridine rings is 1. The molecule has 0 fully saturated rings. The van der Waals surface area contributed by atoms with Crippen LogP contribution in [0, 0.1) is 0 Å². The van der Waals surface area contributed by atoms with Crippen molar-refractivity contribution in [2.75, 3.05) is 0 Å². The summed E-state index contributed by atoms with van der Waals surface area (Å²) in [6, 6.07) is 11.6. The number of amides is 1. The van der Waals surface area contributed by atoms with E-state index >= 15 is 0 Å². The number of rotatable bonds is 6. The van der Waals surface area contributed by atoms with Crippen molar-refractivity contribution in [3.8, 4) is 0 Å². The van der Waals surface area contributed by atoms with Gasteiger partial charge in [0.25, 0.3) is 5.56 Å². The highest BCUT2D eigenvalue weighted by atomic mass is 16.2. The van der Waals surface area contributed by atoms with E-state index in [1.54, 1.807) is 43.5 Å². The van der Waals surface area contributed by atoms with Crippen LogP contribution in [0.4, 0.5) is 0 Å². The Kier molecular flexibility index (Phi) is 5.49. The van der Waals surface area contributed by atoms with E-state index in [1.165, 1.54) is 4.57 Å². The van der Waals surface area contributed by atoms with E-state index in [0.717, 1.165) is 10.3 Å². The van der Waals surface area contributed by atoms with Gasteiger partial charge in [0.15, 0.2) is 0 Å². The minimum absolute atomic E-state index is 0.245. The number of hydrogen-bond donors (Lipinski definition) is 1. The molecule has 7 nitrogen and oxygen atoms in total. The number of nitrogens with zero attached hydrogens (tertiary/aromatic N) is 3. The van der Waals surface area contributed by atoms with Crippen molar-refractivity contribution in [1.29, 1.82) is 0 Å². The Morgan fingerprint density at radius 1 is 1.11 bits per heavy atom. The first-order valence-electron chi connectivity index (χ1n) is 9.00. The highest BCUT2D eigenvalue weighted by molar-refractivity contribution is 5.84. The van der Waals surface area contributed by atoms with Crippen molar-refractivity contribution in [3.05, 3.63) is 75.2 Å². The molecule has 140 valence electrons. The van der Waals surface area contributed by atoms with Crippen molar-refractivity contribution in [2.45, 2.75) is 39.4 Å². The average molecular weight is 366 g/mol. The molecule has 0 aliphatic rings. The van der Waals surface area contributed by atoms with Crippen LogP contribution >= 0.6 is 0 Å². The topological polar surface area (TPSA) is 86.0 Å². The van der Waals surface area contributed by atoms with Crippen LogP contribution in [0.15, 0.2) is 58.3 Å². The van der Waals surface area contributed by atoms with E-state index in [4.69, 9.17) is 0 Å². The van der Waals surface area contributed by atoms with E-state index in [2.05, 4.69) is 10.3 Å². The highest BCUT2D eigenvalue weighted by Crippen LogP contribution is 2.16. The molecule has 2 heterocycles. The Balaban J connectivity index is 2.04. The zero-order valence-electron chi connectivity index (χ0n) is 15.4. The average Bonchev–Trinajstić information content (AvgIpc) is 2.70. The third-order valence-corrected chi connectivity index (χ3v) is 4.56. The SMILES string of the molecule is CCC(C(=O)NCc1ccccn1)n1c(=O)n(CC)c(=O)c2ccccc21. The number of aromatic nitrogens is 3. The summed E-state index contributed by atoms with van der Waals surface area (Å²) in [5, 5.41) is 3.27. The third kappa shape index (κ3) is 3.53. The highest BCUT2D eigenvalue weighted by Gasteiger charge is 2.24. The number of nitrogens with one attached hydrogen (secondary N) is 1. The minimum Gasteiger partial charge on any atom is -0.349 e. The van der Waals surface area contributed by atoms with Crippen molar-refractivity contribution < 1.29 is 4.79 Å². The molecule has 0 spiro atoms. The lowest BCUT2D eigenvalue weighted by molar-refractivity contribution is -0.124. The number of benzene rings is 1. The Morgan fingerprint density at radius 3 is 2.52 bits per heavy atom. The van der Waals surface area contributed by atoms with Gasteiger partial charge in [-0.05, 0) is 37.6 Å². The second kappa shape index (κ2) is 7.99. The Bertz CT molecular complexity index is 1070. The van der Waals surface area contributed by atoms with Gasteiger partial charge in [-0.25, -0.2) is 4.79 Å². The molecule has 3 aromatic rings. The lowest BCUT2D eigenvalue weighted by Gasteiger charge is -2.21. The van der Waals surface area contributed by atoms with Crippen molar-refractivity contribution in [3.63, 3.8) is 0 Å². The zero-order chi connectivity index (χ0) is 19.4. The first-order chi connectivity index (χ1) is 13.1. The lowest BCUT2D eigenvalue weighted by Crippen LogP contribution is -2.44. The smallest absolute Gasteiger partial charge is 0.332 e. The van der Waals surface area contributed by atoms with Crippen LogP contribution < -0.4 is 16.6 Å². The zero-order valence-corrected chi connectivity index (χ0v) is 15.4. The molecule has 1 N–H and O–H groups in total. The molecule has 0 aliphatic heterocycles. The normalized spacial score (nSPS) is 12.1. The fourth-order valence-corrected chi connectivity index (χ4v) is 3.19. The number of fused-ring (bicyclic) bond motifs is 1. The largest absolute Gasteiger partial charge is 0.349 e. The lowest BCUT2D eigenvalue weighted by atomic mass is 10.1. The van der Waals surface area contributed by atoms with Crippen LogP contribution in [-0.4, -0.2) is 20.0 Å². The van der Waals surface area contributed by atoms with E-state index < -0.39 is 11.7 Å². The maximum absolute atomic E-state index is 12.9. The summed E-state index contributed by atoms with van der Waals surface area (Å²) in [5.41, 5.74) is 0.396. The maximum Gasteiger partial charge on any atom is 0.332 e. The molecule has 0 saturated heterocycles. The molecular formula is C20H22N4O3. The maximum atomic E-state index is 12.9. The first-order valence-corrected chi connectivity index (χ1v) is 9.00. The molecule has 1 amide bonds. The van der Waals surface area contributed by atoms with Gasteiger partial charge in [0.2, 0.25) is 5.91 Å². The Labute approximate surface area is 156 Å². The number of hydrogen-bond acceptors (Lipinski definition) is 4. The summed E-state index contributed by atoms with van der Waals surface area (Å²) in [7, 11) is 0.